The molecule has 0 radical (unpaired) electrons. The highest BCUT2D eigenvalue weighted by molar-refractivity contribution is 7.93. The van der Waals surface area contributed by atoms with Crippen LogP contribution < -0.4 is 10.5 Å². The van der Waals surface area contributed by atoms with Gasteiger partial charge in [-0.2, -0.15) is 0 Å². The molecular formula is C9H22N2O4S2. The van der Waals surface area contributed by atoms with Gasteiger partial charge < -0.3 is 5.73 Å². The van der Waals surface area contributed by atoms with Crippen molar-refractivity contribution in [3.05, 3.63) is 0 Å². The number of sulfone groups is 1. The Morgan fingerprint density at radius 1 is 1.18 bits per heavy atom. The maximum atomic E-state index is 11.5. The SMILES string of the molecule is CCC(CCN)CNS(=O)(=O)CCS(C)(=O)=O. The third kappa shape index (κ3) is 9.51. The molecule has 17 heavy (non-hydrogen) atoms. The van der Waals surface area contributed by atoms with Crippen molar-refractivity contribution in [3.63, 3.8) is 0 Å². The first kappa shape index (κ1) is 16.8. The Hall–Kier alpha value is -0.180. The molecule has 0 aromatic carbocycles. The van der Waals surface area contributed by atoms with Gasteiger partial charge in [-0.25, -0.2) is 21.6 Å². The lowest BCUT2D eigenvalue weighted by atomic mass is 10.0. The Labute approximate surface area is 104 Å². The van der Waals surface area contributed by atoms with E-state index < -0.39 is 19.9 Å². The van der Waals surface area contributed by atoms with Crippen molar-refractivity contribution in [3.8, 4) is 0 Å². The summed E-state index contributed by atoms with van der Waals surface area (Å²) in [6.07, 6.45) is 2.61. The van der Waals surface area contributed by atoms with Gasteiger partial charge in [0.1, 0.15) is 9.84 Å². The van der Waals surface area contributed by atoms with Crippen LogP contribution in [0.15, 0.2) is 0 Å². The van der Waals surface area contributed by atoms with E-state index in [0.717, 1.165) is 19.1 Å². The Morgan fingerprint density at radius 3 is 2.18 bits per heavy atom. The molecule has 0 aromatic heterocycles. The van der Waals surface area contributed by atoms with Gasteiger partial charge in [0, 0.05) is 12.8 Å². The first-order valence-corrected chi connectivity index (χ1v) is 9.26. The van der Waals surface area contributed by atoms with Crippen molar-refractivity contribution >= 4 is 19.9 Å². The minimum absolute atomic E-state index is 0.202. The first-order valence-electron chi connectivity index (χ1n) is 5.55. The van der Waals surface area contributed by atoms with Crippen LogP contribution in [0.2, 0.25) is 0 Å². The van der Waals surface area contributed by atoms with Gasteiger partial charge in [0.15, 0.2) is 0 Å². The van der Waals surface area contributed by atoms with Crippen molar-refractivity contribution in [2.45, 2.75) is 19.8 Å². The number of nitrogens with two attached hydrogens (primary N) is 1. The van der Waals surface area contributed by atoms with Crippen LogP contribution in [-0.2, 0) is 19.9 Å². The van der Waals surface area contributed by atoms with Crippen LogP contribution in [0, 0.1) is 5.92 Å². The lowest BCUT2D eigenvalue weighted by Crippen LogP contribution is -2.33. The Bertz CT molecular complexity index is 403. The molecule has 8 heteroatoms. The van der Waals surface area contributed by atoms with Crippen molar-refractivity contribution in [2.75, 3.05) is 30.9 Å². The highest BCUT2D eigenvalue weighted by Crippen LogP contribution is 2.05. The molecule has 0 aromatic rings. The molecule has 0 spiro atoms. The molecule has 0 bridgehead atoms. The third-order valence-corrected chi connectivity index (χ3v) is 5.02. The van der Waals surface area contributed by atoms with Gasteiger partial charge in [-0.15, -0.1) is 0 Å². The minimum Gasteiger partial charge on any atom is -0.330 e. The summed E-state index contributed by atoms with van der Waals surface area (Å²) in [6.45, 7) is 2.80. The maximum absolute atomic E-state index is 11.5. The molecule has 1 unspecified atom stereocenters. The summed E-state index contributed by atoms with van der Waals surface area (Å²) in [5, 5.41) is 0. The Morgan fingerprint density at radius 2 is 1.76 bits per heavy atom. The van der Waals surface area contributed by atoms with Crippen LogP contribution in [0.3, 0.4) is 0 Å². The number of nitrogens with one attached hydrogen (secondary N) is 1. The van der Waals surface area contributed by atoms with Gasteiger partial charge in [0.25, 0.3) is 0 Å². The number of rotatable bonds is 9. The van der Waals surface area contributed by atoms with Gasteiger partial charge in [-0.1, -0.05) is 13.3 Å². The van der Waals surface area contributed by atoms with Crippen LogP contribution in [0.1, 0.15) is 19.8 Å². The zero-order valence-corrected chi connectivity index (χ0v) is 12.0. The van der Waals surface area contributed by atoms with Crippen molar-refractivity contribution in [1.29, 1.82) is 0 Å². The average molecular weight is 286 g/mol. The summed E-state index contributed by atoms with van der Waals surface area (Å²) in [7, 11) is -6.76. The summed E-state index contributed by atoms with van der Waals surface area (Å²) in [6, 6.07) is 0. The topological polar surface area (TPSA) is 106 Å². The molecule has 1 atom stereocenters. The van der Waals surface area contributed by atoms with Gasteiger partial charge in [-0.05, 0) is 18.9 Å². The largest absolute Gasteiger partial charge is 0.330 e. The number of hydrogen-bond donors (Lipinski definition) is 2. The summed E-state index contributed by atoms with van der Waals surface area (Å²) >= 11 is 0. The molecule has 0 aliphatic carbocycles. The molecule has 0 fully saturated rings. The lowest BCUT2D eigenvalue weighted by Gasteiger charge is -2.14. The maximum Gasteiger partial charge on any atom is 0.212 e. The standard InChI is InChI=1S/C9H22N2O4S2/c1-3-9(4-5-10)8-11-17(14,15)7-6-16(2,12)13/h9,11H,3-8,10H2,1-2H3. The highest BCUT2D eigenvalue weighted by atomic mass is 32.2. The van der Waals surface area contributed by atoms with Gasteiger partial charge in [-0.3, -0.25) is 0 Å². The van der Waals surface area contributed by atoms with Crippen LogP contribution in [0.5, 0.6) is 0 Å². The average Bonchev–Trinajstić information content (AvgIpc) is 2.21. The molecule has 0 saturated carbocycles. The fourth-order valence-electron chi connectivity index (χ4n) is 1.26. The summed E-state index contributed by atoms with van der Waals surface area (Å²) in [4.78, 5) is 0. The van der Waals surface area contributed by atoms with Gasteiger partial charge >= 0.3 is 0 Å². The van der Waals surface area contributed by atoms with E-state index in [1.54, 1.807) is 0 Å². The molecule has 0 aliphatic heterocycles. The molecular weight excluding hydrogens is 264 g/mol. The molecule has 0 aliphatic rings. The van der Waals surface area contributed by atoms with Gasteiger partial charge in [0.05, 0.1) is 11.5 Å². The van der Waals surface area contributed by atoms with E-state index >= 15 is 0 Å². The normalized spacial score (nSPS) is 14.8. The van der Waals surface area contributed by atoms with Crippen LogP contribution in [0.25, 0.3) is 0 Å². The minimum atomic E-state index is -3.51. The summed E-state index contributed by atoms with van der Waals surface area (Å²) < 4.78 is 47.1. The quantitative estimate of drug-likeness (QED) is 0.584. The third-order valence-electron chi connectivity index (χ3n) is 2.47. The van der Waals surface area contributed by atoms with E-state index in [0.29, 0.717) is 13.1 Å². The van der Waals surface area contributed by atoms with E-state index in [1.807, 2.05) is 6.92 Å². The van der Waals surface area contributed by atoms with Crippen molar-refractivity contribution in [2.24, 2.45) is 11.7 Å². The zero-order valence-electron chi connectivity index (χ0n) is 10.3. The number of hydrogen-bond acceptors (Lipinski definition) is 5. The Kier molecular flexibility index (Phi) is 7.22. The van der Waals surface area contributed by atoms with E-state index in [1.165, 1.54) is 0 Å². The monoisotopic (exact) mass is 286 g/mol. The molecule has 104 valence electrons. The van der Waals surface area contributed by atoms with E-state index in [4.69, 9.17) is 5.73 Å². The molecule has 3 N–H and O–H groups in total. The molecule has 0 rings (SSSR count). The first-order chi connectivity index (χ1) is 7.70. The van der Waals surface area contributed by atoms with E-state index in [2.05, 4.69) is 4.72 Å². The van der Waals surface area contributed by atoms with E-state index in [9.17, 15) is 16.8 Å². The fourth-order valence-corrected chi connectivity index (χ4v) is 3.99. The smallest absolute Gasteiger partial charge is 0.212 e. The summed E-state index contributed by atoms with van der Waals surface area (Å²) in [5.41, 5.74) is 5.40. The molecule has 0 saturated heterocycles. The summed E-state index contributed by atoms with van der Waals surface area (Å²) in [5.74, 6) is -0.533. The molecule has 0 heterocycles. The molecule has 6 nitrogen and oxygen atoms in total. The second kappa shape index (κ2) is 7.30. The second-order valence-electron chi connectivity index (χ2n) is 4.15. The van der Waals surface area contributed by atoms with Crippen LogP contribution in [-0.4, -0.2) is 47.7 Å². The predicted molar refractivity (Wildman–Crippen MR) is 69.0 cm³/mol. The number of sulfonamides is 1. The predicted octanol–water partition coefficient (Wildman–Crippen LogP) is -0.675. The van der Waals surface area contributed by atoms with E-state index in [-0.39, 0.29) is 17.4 Å². The molecule has 0 amide bonds. The zero-order chi connectivity index (χ0) is 13.5. The second-order valence-corrected chi connectivity index (χ2v) is 8.34. The van der Waals surface area contributed by atoms with Crippen molar-refractivity contribution < 1.29 is 16.8 Å². The highest BCUT2D eigenvalue weighted by Gasteiger charge is 2.15. The van der Waals surface area contributed by atoms with Crippen molar-refractivity contribution in [1.82, 2.24) is 4.72 Å². The Balaban J connectivity index is 4.18. The lowest BCUT2D eigenvalue weighted by molar-refractivity contribution is 0.466. The fraction of sp³-hybridized carbons (Fsp3) is 1.00. The van der Waals surface area contributed by atoms with Crippen LogP contribution >= 0.6 is 0 Å². The van der Waals surface area contributed by atoms with Gasteiger partial charge in [0.2, 0.25) is 10.0 Å². The van der Waals surface area contributed by atoms with Crippen LogP contribution in [0.4, 0.5) is 0 Å².